The lowest BCUT2D eigenvalue weighted by molar-refractivity contribution is -0.117. The van der Waals surface area contributed by atoms with Crippen molar-refractivity contribution in [3.63, 3.8) is 0 Å². The monoisotopic (exact) mass is 484 g/mol. The number of hydrogen-bond donors (Lipinski definition) is 1. The number of hydrogen-bond acceptors (Lipinski definition) is 5. The first-order valence-electron chi connectivity index (χ1n) is 12.4. The summed E-state index contributed by atoms with van der Waals surface area (Å²) < 4.78 is 13.2. The van der Waals surface area contributed by atoms with Crippen molar-refractivity contribution in [1.29, 1.82) is 5.26 Å². The van der Waals surface area contributed by atoms with E-state index in [0.29, 0.717) is 36.9 Å². The number of amides is 1. The lowest BCUT2D eigenvalue weighted by Gasteiger charge is -2.10. The van der Waals surface area contributed by atoms with Gasteiger partial charge in [0.05, 0.1) is 24.1 Å². The second-order valence-electron chi connectivity index (χ2n) is 9.28. The molecule has 7 nitrogen and oxygen atoms in total. The van der Waals surface area contributed by atoms with E-state index in [4.69, 9.17) is 14.6 Å². The van der Waals surface area contributed by atoms with Crippen LogP contribution in [0.15, 0.2) is 66.4 Å². The number of aromatic nitrogens is 2. The Balaban J connectivity index is 1.60. The predicted molar refractivity (Wildman–Crippen MR) is 140 cm³/mol. The van der Waals surface area contributed by atoms with Crippen molar-refractivity contribution < 1.29 is 14.3 Å². The van der Waals surface area contributed by atoms with Crippen LogP contribution in [0.2, 0.25) is 0 Å². The Kier molecular flexibility index (Phi) is 8.53. The minimum atomic E-state index is -0.416. The van der Waals surface area contributed by atoms with E-state index >= 15 is 0 Å². The zero-order valence-electron chi connectivity index (χ0n) is 20.8. The van der Waals surface area contributed by atoms with Crippen molar-refractivity contribution in [1.82, 2.24) is 15.1 Å². The summed E-state index contributed by atoms with van der Waals surface area (Å²) in [5.74, 6) is 0.961. The Hall–Kier alpha value is -3.89. The van der Waals surface area contributed by atoms with E-state index in [2.05, 4.69) is 19.2 Å². The number of para-hydroxylation sites is 1. The Morgan fingerprint density at radius 2 is 2.03 bits per heavy atom. The highest BCUT2D eigenvalue weighted by atomic mass is 16.5. The molecule has 4 rings (SSSR count). The molecule has 3 aromatic rings. The Labute approximate surface area is 212 Å². The van der Waals surface area contributed by atoms with Gasteiger partial charge in [0.15, 0.2) is 0 Å². The Morgan fingerprint density at radius 3 is 2.69 bits per heavy atom. The van der Waals surface area contributed by atoms with Crippen LogP contribution in [0.4, 0.5) is 0 Å². The number of nitrogens with zero attached hydrogens (tertiary/aromatic N) is 3. The molecule has 2 heterocycles. The van der Waals surface area contributed by atoms with Crippen LogP contribution in [0.1, 0.15) is 38.7 Å². The Bertz CT molecular complexity index is 1220. The molecule has 1 aliphatic heterocycles. The van der Waals surface area contributed by atoms with Crippen LogP contribution < -0.4 is 10.1 Å². The minimum Gasteiger partial charge on any atom is -0.494 e. The summed E-state index contributed by atoms with van der Waals surface area (Å²) in [4.78, 5) is 12.8. The van der Waals surface area contributed by atoms with Crippen LogP contribution in [-0.4, -0.2) is 41.6 Å². The third kappa shape index (κ3) is 6.61. The molecule has 1 fully saturated rings. The third-order valence-corrected chi connectivity index (χ3v) is 6.03. The average molecular weight is 485 g/mol. The van der Waals surface area contributed by atoms with E-state index in [-0.39, 0.29) is 11.7 Å². The molecule has 0 spiro atoms. The van der Waals surface area contributed by atoms with Crippen LogP contribution in [0, 0.1) is 17.2 Å². The highest BCUT2D eigenvalue weighted by molar-refractivity contribution is 6.02. The molecule has 0 aliphatic carbocycles. The fraction of sp³-hybridized carbons (Fsp3) is 0.345. The molecule has 0 bridgehead atoms. The second-order valence-corrected chi connectivity index (χ2v) is 9.28. The molecule has 0 saturated carbocycles. The lowest BCUT2D eigenvalue weighted by Crippen LogP contribution is -2.32. The number of benzene rings is 2. The van der Waals surface area contributed by atoms with Gasteiger partial charge in [-0.2, -0.15) is 10.4 Å². The number of nitrogens with one attached hydrogen (secondary N) is 1. The van der Waals surface area contributed by atoms with E-state index in [9.17, 15) is 10.1 Å². The van der Waals surface area contributed by atoms with Gasteiger partial charge in [-0.05, 0) is 67.7 Å². The van der Waals surface area contributed by atoms with Crippen molar-refractivity contribution in [2.24, 2.45) is 5.92 Å². The van der Waals surface area contributed by atoms with Crippen molar-refractivity contribution >= 4 is 12.0 Å². The summed E-state index contributed by atoms with van der Waals surface area (Å²) in [6.45, 7) is 6.11. The number of carbonyl (C=O) groups is 1. The fourth-order valence-corrected chi connectivity index (χ4v) is 3.96. The molecule has 186 valence electrons. The van der Waals surface area contributed by atoms with Crippen molar-refractivity contribution in [3.05, 3.63) is 71.9 Å². The van der Waals surface area contributed by atoms with Crippen LogP contribution >= 0.6 is 0 Å². The average Bonchev–Trinajstić information content (AvgIpc) is 3.57. The zero-order chi connectivity index (χ0) is 25.3. The summed E-state index contributed by atoms with van der Waals surface area (Å²) in [5, 5.41) is 17.4. The Morgan fingerprint density at radius 1 is 1.25 bits per heavy atom. The molecular weight excluding hydrogens is 452 g/mol. The largest absolute Gasteiger partial charge is 0.494 e. The highest BCUT2D eigenvalue weighted by Crippen LogP contribution is 2.28. The van der Waals surface area contributed by atoms with Crippen LogP contribution in [0.5, 0.6) is 5.75 Å². The molecule has 1 N–H and O–H groups in total. The van der Waals surface area contributed by atoms with Gasteiger partial charge >= 0.3 is 0 Å². The van der Waals surface area contributed by atoms with E-state index in [1.54, 1.807) is 10.8 Å². The van der Waals surface area contributed by atoms with Gasteiger partial charge in [-0.25, -0.2) is 4.68 Å². The van der Waals surface area contributed by atoms with Crippen LogP contribution in [-0.2, 0) is 9.53 Å². The summed E-state index contributed by atoms with van der Waals surface area (Å²) >= 11 is 0. The molecular formula is C29H32N4O3. The quantitative estimate of drug-likeness (QED) is 0.317. The maximum absolute atomic E-state index is 12.8. The molecule has 1 aliphatic rings. The summed E-state index contributed by atoms with van der Waals surface area (Å²) in [5.41, 5.74) is 3.12. The van der Waals surface area contributed by atoms with Gasteiger partial charge in [-0.3, -0.25) is 4.79 Å². The highest BCUT2D eigenvalue weighted by Gasteiger charge is 2.19. The SMILES string of the molecule is CC(C)CCOc1ccc(-c2nn(-c3ccccc3)cc2/C=C(\C#N)C(=O)NC[C@@H]2CCCO2)cc1. The normalized spacial score (nSPS) is 15.6. The molecule has 1 atom stereocenters. The fourth-order valence-electron chi connectivity index (χ4n) is 3.96. The van der Waals surface area contributed by atoms with Crippen LogP contribution in [0.3, 0.4) is 0 Å². The molecule has 1 saturated heterocycles. The molecule has 1 amide bonds. The second kappa shape index (κ2) is 12.2. The summed E-state index contributed by atoms with van der Waals surface area (Å²) in [6, 6.07) is 19.5. The van der Waals surface area contributed by atoms with E-state index in [1.807, 2.05) is 66.9 Å². The van der Waals surface area contributed by atoms with Gasteiger partial charge in [-0.1, -0.05) is 32.0 Å². The molecule has 0 radical (unpaired) electrons. The first kappa shape index (κ1) is 25.2. The van der Waals surface area contributed by atoms with Crippen molar-refractivity contribution in [3.8, 4) is 28.8 Å². The lowest BCUT2D eigenvalue weighted by atomic mass is 10.1. The maximum atomic E-state index is 12.8. The van der Waals surface area contributed by atoms with E-state index in [0.717, 1.165) is 36.3 Å². The first-order chi connectivity index (χ1) is 17.5. The molecule has 2 aromatic carbocycles. The standard InChI is InChI=1S/C29H32N4O3/c1-21(2)14-16-36-26-12-10-22(11-13-26)28-24(20-33(32-28)25-7-4-3-5-8-25)17-23(18-30)29(34)31-19-27-9-6-15-35-27/h3-5,7-8,10-13,17,20-21,27H,6,9,14-16,19H2,1-2H3,(H,31,34)/b23-17+/t27-/m0/s1. The topological polar surface area (TPSA) is 89.2 Å². The van der Waals surface area contributed by atoms with Gasteiger partial charge in [-0.15, -0.1) is 0 Å². The molecule has 36 heavy (non-hydrogen) atoms. The third-order valence-electron chi connectivity index (χ3n) is 6.03. The number of carbonyl (C=O) groups excluding carboxylic acids is 1. The number of rotatable bonds is 10. The van der Waals surface area contributed by atoms with Crippen LogP contribution in [0.25, 0.3) is 23.0 Å². The minimum absolute atomic E-state index is 0.00607. The zero-order valence-corrected chi connectivity index (χ0v) is 20.8. The van der Waals surface area contributed by atoms with Gasteiger partial charge in [0.25, 0.3) is 5.91 Å². The maximum Gasteiger partial charge on any atom is 0.262 e. The predicted octanol–water partition coefficient (Wildman–Crippen LogP) is 5.17. The smallest absolute Gasteiger partial charge is 0.262 e. The molecule has 1 aromatic heterocycles. The molecule has 7 heteroatoms. The van der Waals surface area contributed by atoms with Gasteiger partial charge < -0.3 is 14.8 Å². The summed E-state index contributed by atoms with van der Waals surface area (Å²) in [6.07, 6.45) is 6.33. The number of ether oxygens (including phenoxy) is 2. The van der Waals surface area contributed by atoms with E-state index < -0.39 is 5.91 Å². The molecule has 0 unspecified atom stereocenters. The van der Waals surface area contributed by atoms with Crippen molar-refractivity contribution in [2.45, 2.75) is 39.2 Å². The van der Waals surface area contributed by atoms with E-state index in [1.165, 1.54) is 0 Å². The van der Waals surface area contributed by atoms with Gasteiger partial charge in [0.2, 0.25) is 0 Å². The summed E-state index contributed by atoms with van der Waals surface area (Å²) in [7, 11) is 0. The van der Waals surface area contributed by atoms with Gasteiger partial charge in [0.1, 0.15) is 17.4 Å². The first-order valence-corrected chi connectivity index (χ1v) is 12.4. The van der Waals surface area contributed by atoms with Gasteiger partial charge in [0, 0.05) is 30.5 Å². The number of nitriles is 1. The van der Waals surface area contributed by atoms with Crippen molar-refractivity contribution in [2.75, 3.05) is 19.8 Å².